The lowest BCUT2D eigenvalue weighted by Gasteiger charge is -2.20. The predicted octanol–water partition coefficient (Wildman–Crippen LogP) is 5.37. The summed E-state index contributed by atoms with van der Waals surface area (Å²) in [6, 6.07) is 10.2. The molecule has 1 atom stereocenters. The van der Waals surface area contributed by atoms with Crippen LogP contribution in [0.5, 0.6) is 0 Å². The molecule has 156 valence electrons. The van der Waals surface area contributed by atoms with Gasteiger partial charge in [0.1, 0.15) is 0 Å². The Labute approximate surface area is 176 Å². The van der Waals surface area contributed by atoms with E-state index in [2.05, 4.69) is 21.2 Å². The highest BCUT2D eigenvalue weighted by Gasteiger charge is 2.30. The lowest BCUT2D eigenvalue weighted by molar-refractivity contribution is -0.137. The average molecular weight is 471 g/mol. The summed E-state index contributed by atoms with van der Waals surface area (Å²) in [7, 11) is 1.52. The van der Waals surface area contributed by atoms with Crippen LogP contribution in [0.15, 0.2) is 46.9 Å². The van der Waals surface area contributed by atoms with E-state index >= 15 is 0 Å². The molecule has 0 aliphatic carbocycles. The topological polar surface area (TPSA) is 49.4 Å². The van der Waals surface area contributed by atoms with Gasteiger partial charge in [0.25, 0.3) is 0 Å². The van der Waals surface area contributed by atoms with Crippen molar-refractivity contribution >= 4 is 33.4 Å². The average Bonchev–Trinajstić information content (AvgIpc) is 2.63. The number of carbonyl (C=O) groups is 2. The maximum absolute atomic E-state index is 12.7. The van der Waals surface area contributed by atoms with E-state index in [1.807, 2.05) is 19.1 Å². The molecule has 0 radical (unpaired) electrons. The Balaban J connectivity index is 1.91. The van der Waals surface area contributed by atoms with Crippen molar-refractivity contribution in [1.82, 2.24) is 4.90 Å². The highest BCUT2D eigenvalue weighted by atomic mass is 79.9. The number of likely N-dealkylation sites (N-methyl/N-ethyl adjacent to an activating group) is 1. The van der Waals surface area contributed by atoms with Gasteiger partial charge < -0.3 is 10.2 Å². The summed E-state index contributed by atoms with van der Waals surface area (Å²) >= 11 is 3.36. The minimum Gasteiger partial charge on any atom is -0.336 e. The third-order valence-electron chi connectivity index (χ3n) is 4.56. The number of alkyl halides is 3. The molecule has 0 aliphatic rings. The fourth-order valence-corrected chi connectivity index (χ4v) is 3.27. The molecule has 0 aliphatic heterocycles. The summed E-state index contributed by atoms with van der Waals surface area (Å²) in [4.78, 5) is 26.0. The van der Waals surface area contributed by atoms with Crippen molar-refractivity contribution in [2.75, 3.05) is 18.9 Å². The Morgan fingerprint density at radius 1 is 1.14 bits per heavy atom. The highest BCUT2D eigenvalue weighted by Crippen LogP contribution is 2.30. The fourth-order valence-electron chi connectivity index (χ4n) is 2.80. The summed E-state index contributed by atoms with van der Waals surface area (Å²) in [6.07, 6.45) is -4.30. The standard InChI is InChI=1S/C21H22BrF3N2O2/c1-13(15-4-6-16(7-5-15)21(23,24)25)11-20(29)27(3)12-19(28)26-18-9-8-17(22)10-14(18)2/h4-10,13H,11-12H2,1-3H3,(H,26,28). The van der Waals surface area contributed by atoms with E-state index < -0.39 is 11.7 Å². The first-order valence-corrected chi connectivity index (χ1v) is 9.74. The van der Waals surface area contributed by atoms with Gasteiger partial charge in [0.05, 0.1) is 12.1 Å². The Morgan fingerprint density at radius 2 is 1.76 bits per heavy atom. The third kappa shape index (κ3) is 6.59. The van der Waals surface area contributed by atoms with E-state index in [1.165, 1.54) is 24.1 Å². The van der Waals surface area contributed by atoms with Crippen molar-refractivity contribution in [3.63, 3.8) is 0 Å². The zero-order chi connectivity index (χ0) is 21.8. The molecule has 0 bridgehead atoms. The van der Waals surface area contributed by atoms with Crippen molar-refractivity contribution in [3.05, 3.63) is 63.6 Å². The summed E-state index contributed by atoms with van der Waals surface area (Å²) < 4.78 is 38.9. The zero-order valence-corrected chi connectivity index (χ0v) is 17.9. The molecule has 0 fully saturated rings. The second-order valence-corrected chi connectivity index (χ2v) is 7.90. The van der Waals surface area contributed by atoms with Crippen molar-refractivity contribution < 1.29 is 22.8 Å². The van der Waals surface area contributed by atoms with Crippen LogP contribution in [-0.2, 0) is 15.8 Å². The number of rotatable bonds is 6. The van der Waals surface area contributed by atoms with Crippen LogP contribution >= 0.6 is 15.9 Å². The van der Waals surface area contributed by atoms with Crippen LogP contribution in [0.4, 0.5) is 18.9 Å². The van der Waals surface area contributed by atoms with Crippen LogP contribution in [0, 0.1) is 6.92 Å². The van der Waals surface area contributed by atoms with Crippen molar-refractivity contribution in [2.45, 2.75) is 32.4 Å². The van der Waals surface area contributed by atoms with E-state index in [0.717, 1.165) is 22.2 Å². The maximum Gasteiger partial charge on any atom is 0.416 e. The summed E-state index contributed by atoms with van der Waals surface area (Å²) in [6.45, 7) is 3.51. The normalized spacial score (nSPS) is 12.4. The molecule has 8 heteroatoms. The second kappa shape index (κ2) is 9.43. The second-order valence-electron chi connectivity index (χ2n) is 6.98. The van der Waals surface area contributed by atoms with Gasteiger partial charge in [-0.25, -0.2) is 0 Å². The lowest BCUT2D eigenvalue weighted by Crippen LogP contribution is -2.35. The van der Waals surface area contributed by atoms with Gasteiger partial charge in [-0.1, -0.05) is 35.0 Å². The summed E-state index contributed by atoms with van der Waals surface area (Å²) in [5.41, 5.74) is 1.46. The summed E-state index contributed by atoms with van der Waals surface area (Å²) in [5.74, 6) is -0.863. The van der Waals surface area contributed by atoms with Crippen LogP contribution in [0.3, 0.4) is 0 Å². The van der Waals surface area contributed by atoms with Gasteiger partial charge in [-0.2, -0.15) is 13.2 Å². The number of hydrogen-bond donors (Lipinski definition) is 1. The van der Waals surface area contributed by atoms with Gasteiger partial charge in [0, 0.05) is 23.6 Å². The summed E-state index contributed by atoms with van der Waals surface area (Å²) in [5, 5.41) is 2.77. The number of nitrogens with one attached hydrogen (secondary N) is 1. The maximum atomic E-state index is 12.7. The van der Waals surface area contributed by atoms with Gasteiger partial charge in [-0.15, -0.1) is 0 Å². The largest absolute Gasteiger partial charge is 0.416 e. The molecule has 29 heavy (non-hydrogen) atoms. The number of benzene rings is 2. The van der Waals surface area contributed by atoms with Crippen molar-refractivity contribution in [1.29, 1.82) is 0 Å². The molecule has 1 unspecified atom stereocenters. The van der Waals surface area contributed by atoms with Gasteiger partial charge in [-0.05, 0) is 54.3 Å². The van der Waals surface area contributed by atoms with Crippen LogP contribution in [0.25, 0.3) is 0 Å². The number of amides is 2. The predicted molar refractivity (Wildman–Crippen MR) is 110 cm³/mol. The number of aryl methyl sites for hydroxylation is 1. The first-order chi connectivity index (χ1) is 13.5. The smallest absolute Gasteiger partial charge is 0.336 e. The molecule has 0 saturated heterocycles. The minimum absolute atomic E-state index is 0.0897. The first-order valence-electron chi connectivity index (χ1n) is 8.94. The molecular weight excluding hydrogens is 449 g/mol. The molecule has 4 nitrogen and oxygen atoms in total. The van der Waals surface area contributed by atoms with Gasteiger partial charge >= 0.3 is 6.18 Å². The minimum atomic E-state index is -4.39. The number of anilines is 1. The van der Waals surface area contributed by atoms with Gasteiger partial charge in [0.15, 0.2) is 0 Å². The highest BCUT2D eigenvalue weighted by molar-refractivity contribution is 9.10. The van der Waals surface area contributed by atoms with Gasteiger partial charge in [-0.3, -0.25) is 9.59 Å². The molecule has 0 saturated carbocycles. The molecule has 1 N–H and O–H groups in total. The van der Waals surface area contributed by atoms with Crippen molar-refractivity contribution in [2.24, 2.45) is 0 Å². The molecule has 0 spiro atoms. The van der Waals surface area contributed by atoms with E-state index in [4.69, 9.17) is 0 Å². The molecule has 2 amide bonds. The molecule has 2 rings (SSSR count). The van der Waals surface area contributed by atoms with E-state index in [1.54, 1.807) is 13.0 Å². The molecule has 2 aromatic rings. The van der Waals surface area contributed by atoms with E-state index in [-0.39, 0.29) is 30.7 Å². The lowest BCUT2D eigenvalue weighted by atomic mass is 9.96. The van der Waals surface area contributed by atoms with Crippen molar-refractivity contribution in [3.8, 4) is 0 Å². The Bertz CT molecular complexity index is 882. The fraction of sp³-hybridized carbons (Fsp3) is 0.333. The molecular formula is C21H22BrF3N2O2. The molecule has 0 heterocycles. The number of carbonyl (C=O) groups excluding carboxylic acids is 2. The zero-order valence-electron chi connectivity index (χ0n) is 16.3. The SMILES string of the molecule is Cc1cc(Br)ccc1NC(=O)CN(C)C(=O)CC(C)c1ccc(C(F)(F)F)cc1. The van der Waals surface area contributed by atoms with Crippen LogP contribution < -0.4 is 5.32 Å². The third-order valence-corrected chi connectivity index (χ3v) is 5.05. The Kier molecular flexibility index (Phi) is 7.46. The van der Waals surface area contributed by atoms with Crippen LogP contribution in [0.2, 0.25) is 0 Å². The van der Waals surface area contributed by atoms with Crippen LogP contribution in [-0.4, -0.2) is 30.3 Å². The quantitative estimate of drug-likeness (QED) is 0.616. The van der Waals surface area contributed by atoms with E-state index in [9.17, 15) is 22.8 Å². The van der Waals surface area contributed by atoms with E-state index in [0.29, 0.717) is 11.3 Å². The molecule has 0 aromatic heterocycles. The Morgan fingerprint density at radius 3 is 2.31 bits per heavy atom. The number of halogens is 4. The Hall–Kier alpha value is -2.35. The van der Waals surface area contributed by atoms with Crippen LogP contribution in [0.1, 0.15) is 36.0 Å². The molecule has 2 aromatic carbocycles. The van der Waals surface area contributed by atoms with Gasteiger partial charge in [0.2, 0.25) is 11.8 Å². The number of hydrogen-bond acceptors (Lipinski definition) is 2. The monoisotopic (exact) mass is 470 g/mol. The first kappa shape index (κ1) is 22.9. The number of nitrogens with zero attached hydrogens (tertiary/aromatic N) is 1.